The summed E-state index contributed by atoms with van der Waals surface area (Å²) in [5, 5.41) is 16.8. The summed E-state index contributed by atoms with van der Waals surface area (Å²) in [5.41, 5.74) is 6.03. The molecule has 2 aromatic carbocycles. The fraction of sp³-hybridized carbons (Fsp3) is 0.368. The van der Waals surface area contributed by atoms with Gasteiger partial charge in [0, 0.05) is 30.4 Å². The molecule has 3 heteroatoms. The molecule has 0 unspecified atom stereocenters. The molecule has 0 radical (unpaired) electrons. The third kappa shape index (κ3) is 4.01. The lowest BCUT2D eigenvalue weighted by Gasteiger charge is -2.17. The van der Waals surface area contributed by atoms with E-state index in [2.05, 4.69) is 50.5 Å². The van der Waals surface area contributed by atoms with E-state index in [1.54, 1.807) is 6.07 Å². The van der Waals surface area contributed by atoms with Gasteiger partial charge in [-0.15, -0.1) is 0 Å². The van der Waals surface area contributed by atoms with Crippen molar-refractivity contribution in [1.82, 2.24) is 5.32 Å². The van der Waals surface area contributed by atoms with Crippen LogP contribution in [0.4, 0.5) is 5.69 Å². The smallest absolute Gasteiger partial charge is 0.120 e. The summed E-state index contributed by atoms with van der Waals surface area (Å²) < 4.78 is 0. The minimum Gasteiger partial charge on any atom is -0.508 e. The Morgan fingerprint density at radius 3 is 2.27 bits per heavy atom. The highest BCUT2D eigenvalue weighted by atomic mass is 16.3. The first kappa shape index (κ1) is 16.4. The van der Waals surface area contributed by atoms with Gasteiger partial charge in [0.2, 0.25) is 0 Å². The lowest BCUT2D eigenvalue weighted by molar-refractivity contribution is 0.454. The Morgan fingerprint density at radius 1 is 1.00 bits per heavy atom. The Balaban J connectivity index is 1.86. The minimum atomic E-state index is 0.128. The first-order valence-electron chi connectivity index (χ1n) is 7.82. The highest BCUT2D eigenvalue weighted by molar-refractivity contribution is 5.58. The summed E-state index contributed by atoms with van der Waals surface area (Å²) in [4.78, 5) is 0. The topological polar surface area (TPSA) is 44.3 Å². The fourth-order valence-electron chi connectivity index (χ4n) is 2.90. The molecule has 0 bridgehead atoms. The van der Waals surface area contributed by atoms with Crippen molar-refractivity contribution in [1.29, 1.82) is 0 Å². The van der Waals surface area contributed by atoms with Gasteiger partial charge in [-0.1, -0.05) is 35.9 Å². The molecule has 22 heavy (non-hydrogen) atoms. The molecule has 0 spiro atoms. The van der Waals surface area contributed by atoms with E-state index < -0.39 is 0 Å². The molecule has 2 aromatic rings. The molecule has 0 aliphatic carbocycles. The number of phenolic OH excluding ortho intramolecular Hbond substituents is 1. The molecule has 0 aromatic heterocycles. The highest BCUT2D eigenvalue weighted by Gasteiger charge is 2.08. The van der Waals surface area contributed by atoms with E-state index >= 15 is 0 Å². The summed E-state index contributed by atoms with van der Waals surface area (Å²) in [7, 11) is 0. The summed E-state index contributed by atoms with van der Waals surface area (Å²) in [6.45, 7) is 10.2. The molecule has 0 aliphatic rings. The lowest BCUT2D eigenvalue weighted by Crippen LogP contribution is -2.25. The van der Waals surface area contributed by atoms with Crippen molar-refractivity contribution >= 4 is 5.69 Å². The number of aromatic hydroxyl groups is 1. The van der Waals surface area contributed by atoms with Crippen LogP contribution in [0.3, 0.4) is 0 Å². The molecule has 0 aliphatic heterocycles. The normalized spacial score (nSPS) is 12.2. The number of anilines is 1. The van der Waals surface area contributed by atoms with Gasteiger partial charge < -0.3 is 15.7 Å². The number of benzene rings is 2. The summed E-state index contributed by atoms with van der Waals surface area (Å²) >= 11 is 0. The molecule has 3 N–H and O–H groups in total. The molecule has 118 valence electrons. The summed E-state index contributed by atoms with van der Waals surface area (Å²) in [5.74, 6) is 0.348. The van der Waals surface area contributed by atoms with Crippen LogP contribution >= 0.6 is 0 Å². The zero-order valence-corrected chi connectivity index (χ0v) is 13.9. The number of hydrogen-bond donors (Lipinski definition) is 3. The molecule has 0 saturated heterocycles. The predicted molar refractivity (Wildman–Crippen MR) is 93.7 cm³/mol. The molecule has 1 atom stereocenters. The molecule has 3 nitrogen and oxygen atoms in total. The highest BCUT2D eigenvalue weighted by Crippen LogP contribution is 2.23. The largest absolute Gasteiger partial charge is 0.508 e. The zero-order valence-electron chi connectivity index (χ0n) is 13.9. The van der Waals surface area contributed by atoms with E-state index in [1.807, 2.05) is 18.2 Å². The number of para-hydroxylation sites is 1. The van der Waals surface area contributed by atoms with Gasteiger partial charge in [-0.05, 0) is 44.9 Å². The van der Waals surface area contributed by atoms with Crippen LogP contribution in [0, 0.1) is 20.8 Å². The van der Waals surface area contributed by atoms with Gasteiger partial charge in [-0.2, -0.15) is 0 Å². The second-order valence-electron chi connectivity index (χ2n) is 5.94. The SMILES string of the molecule is Cc1cc(C)c(NCCN[C@H](C)c2ccccc2O)c(C)c1. The maximum atomic E-state index is 9.86. The van der Waals surface area contributed by atoms with Crippen molar-refractivity contribution in [2.45, 2.75) is 33.7 Å². The molecular weight excluding hydrogens is 272 g/mol. The van der Waals surface area contributed by atoms with Gasteiger partial charge >= 0.3 is 0 Å². The van der Waals surface area contributed by atoms with E-state index in [-0.39, 0.29) is 6.04 Å². The first-order valence-corrected chi connectivity index (χ1v) is 7.82. The van der Waals surface area contributed by atoms with E-state index in [4.69, 9.17) is 0 Å². The summed E-state index contributed by atoms with van der Waals surface area (Å²) in [6, 6.07) is 12.0. The predicted octanol–water partition coefficient (Wildman–Crippen LogP) is 4.08. The quantitative estimate of drug-likeness (QED) is 0.704. The van der Waals surface area contributed by atoms with E-state index in [9.17, 15) is 5.11 Å². The first-order chi connectivity index (χ1) is 10.5. The van der Waals surface area contributed by atoms with Gasteiger partial charge in [0.1, 0.15) is 5.75 Å². The lowest BCUT2D eigenvalue weighted by atomic mass is 10.1. The van der Waals surface area contributed by atoms with Crippen molar-refractivity contribution in [3.8, 4) is 5.75 Å². The Kier molecular flexibility index (Phi) is 5.45. The third-order valence-electron chi connectivity index (χ3n) is 3.96. The van der Waals surface area contributed by atoms with Crippen molar-refractivity contribution in [2.24, 2.45) is 0 Å². The number of hydrogen-bond acceptors (Lipinski definition) is 3. The zero-order chi connectivity index (χ0) is 16.1. The second kappa shape index (κ2) is 7.32. The molecule has 0 saturated carbocycles. The van der Waals surface area contributed by atoms with Crippen LogP contribution in [0.25, 0.3) is 0 Å². The fourth-order valence-corrected chi connectivity index (χ4v) is 2.90. The van der Waals surface area contributed by atoms with Crippen molar-refractivity contribution in [3.63, 3.8) is 0 Å². The van der Waals surface area contributed by atoms with Gasteiger partial charge in [-0.25, -0.2) is 0 Å². The van der Waals surface area contributed by atoms with Crippen LogP contribution in [0.1, 0.15) is 35.2 Å². The van der Waals surface area contributed by atoms with Crippen molar-refractivity contribution in [3.05, 3.63) is 58.7 Å². The number of rotatable bonds is 6. The molecule has 0 fully saturated rings. The number of nitrogens with one attached hydrogen (secondary N) is 2. The number of aryl methyl sites for hydroxylation is 3. The summed E-state index contributed by atoms with van der Waals surface area (Å²) in [6.07, 6.45) is 0. The van der Waals surface area contributed by atoms with Crippen LogP contribution in [-0.2, 0) is 0 Å². The Hall–Kier alpha value is -2.00. The molecule has 2 rings (SSSR count). The van der Waals surface area contributed by atoms with Gasteiger partial charge in [0.25, 0.3) is 0 Å². The van der Waals surface area contributed by atoms with Crippen LogP contribution in [0.2, 0.25) is 0 Å². The maximum absolute atomic E-state index is 9.86. The van der Waals surface area contributed by atoms with Crippen LogP contribution in [0.5, 0.6) is 5.75 Å². The van der Waals surface area contributed by atoms with Crippen molar-refractivity contribution in [2.75, 3.05) is 18.4 Å². The van der Waals surface area contributed by atoms with Gasteiger partial charge in [-0.3, -0.25) is 0 Å². The maximum Gasteiger partial charge on any atom is 0.120 e. The van der Waals surface area contributed by atoms with Gasteiger partial charge in [0.05, 0.1) is 0 Å². The average molecular weight is 298 g/mol. The Morgan fingerprint density at radius 2 is 1.64 bits per heavy atom. The van der Waals surface area contributed by atoms with Crippen molar-refractivity contribution < 1.29 is 5.11 Å². The van der Waals surface area contributed by atoms with E-state index in [0.717, 1.165) is 18.7 Å². The molecule has 0 amide bonds. The monoisotopic (exact) mass is 298 g/mol. The Bertz CT molecular complexity index is 614. The standard InChI is InChI=1S/C19H26N2O/c1-13-11-14(2)19(15(3)12-13)21-10-9-20-16(4)17-7-5-6-8-18(17)22/h5-8,11-12,16,20-22H,9-10H2,1-4H3/t16-/m1/s1. The van der Waals surface area contributed by atoms with Crippen LogP contribution < -0.4 is 10.6 Å². The minimum absolute atomic E-state index is 0.128. The third-order valence-corrected chi connectivity index (χ3v) is 3.96. The van der Waals surface area contributed by atoms with Gasteiger partial charge in [0.15, 0.2) is 0 Å². The molecule has 0 heterocycles. The molecular formula is C19H26N2O. The van der Waals surface area contributed by atoms with Crippen LogP contribution in [0.15, 0.2) is 36.4 Å². The number of phenols is 1. The van der Waals surface area contributed by atoms with E-state index in [1.165, 1.54) is 22.4 Å². The average Bonchev–Trinajstić information content (AvgIpc) is 2.45. The van der Waals surface area contributed by atoms with E-state index in [0.29, 0.717) is 5.75 Å². The second-order valence-corrected chi connectivity index (χ2v) is 5.94. The Labute approximate surface area is 133 Å². The van der Waals surface area contributed by atoms with Crippen LogP contribution in [-0.4, -0.2) is 18.2 Å².